The number of hydrogen-bond acceptors (Lipinski definition) is 3. The Balaban J connectivity index is 2.01. The number of rotatable bonds is 5. The Morgan fingerprint density at radius 2 is 1.74 bits per heavy atom. The van der Waals surface area contributed by atoms with Crippen LogP contribution in [0.2, 0.25) is 0 Å². The number of anilines is 1. The van der Waals surface area contributed by atoms with Crippen molar-refractivity contribution >= 4 is 11.6 Å². The van der Waals surface area contributed by atoms with E-state index in [4.69, 9.17) is 4.74 Å². The molecule has 2 aromatic rings. The minimum Gasteiger partial charge on any atom is -0.384 e. The van der Waals surface area contributed by atoms with Crippen LogP contribution in [0.3, 0.4) is 0 Å². The molecule has 1 aromatic carbocycles. The predicted molar refractivity (Wildman–Crippen MR) is 74.8 cm³/mol. The molecular weight excluding hydrogens is 240 g/mol. The van der Waals surface area contributed by atoms with E-state index in [2.05, 4.69) is 10.3 Å². The van der Waals surface area contributed by atoms with Crippen molar-refractivity contribution in [3.63, 3.8) is 0 Å². The van der Waals surface area contributed by atoms with Crippen LogP contribution in [0.15, 0.2) is 48.8 Å². The molecule has 0 aliphatic carbocycles. The van der Waals surface area contributed by atoms with Crippen LogP contribution >= 0.6 is 0 Å². The van der Waals surface area contributed by atoms with Gasteiger partial charge in [0.05, 0.1) is 13.0 Å². The molecule has 2 rings (SSSR count). The lowest BCUT2D eigenvalue weighted by Gasteiger charge is -2.06. The summed E-state index contributed by atoms with van der Waals surface area (Å²) in [5.74, 6) is -0.0430. The van der Waals surface area contributed by atoms with E-state index < -0.39 is 0 Å². The van der Waals surface area contributed by atoms with Crippen molar-refractivity contribution in [2.24, 2.45) is 0 Å². The maximum Gasteiger partial charge on any atom is 0.226 e. The van der Waals surface area contributed by atoms with E-state index in [1.54, 1.807) is 19.5 Å². The van der Waals surface area contributed by atoms with E-state index >= 15 is 0 Å². The zero-order chi connectivity index (χ0) is 13.5. The highest BCUT2D eigenvalue weighted by atomic mass is 16.5. The average Bonchev–Trinajstić information content (AvgIpc) is 2.47. The Bertz CT molecular complexity index is 524. The summed E-state index contributed by atoms with van der Waals surface area (Å²) in [6.45, 7) is 0.431. The molecule has 1 N–H and O–H groups in total. The van der Waals surface area contributed by atoms with Gasteiger partial charge in [0.15, 0.2) is 0 Å². The van der Waals surface area contributed by atoms with E-state index in [0.717, 1.165) is 16.8 Å². The molecule has 19 heavy (non-hydrogen) atoms. The number of pyridine rings is 1. The fourth-order valence-corrected chi connectivity index (χ4v) is 1.71. The predicted octanol–water partition coefficient (Wildman–Crippen LogP) is 2.72. The van der Waals surface area contributed by atoms with Crippen molar-refractivity contribution in [2.45, 2.75) is 6.42 Å². The third-order valence-electron chi connectivity index (χ3n) is 2.72. The summed E-state index contributed by atoms with van der Waals surface area (Å²) in [5.41, 5.74) is 2.99. The van der Waals surface area contributed by atoms with Crippen LogP contribution in [-0.2, 0) is 9.53 Å². The third-order valence-corrected chi connectivity index (χ3v) is 2.72. The van der Waals surface area contributed by atoms with Gasteiger partial charge in [-0.15, -0.1) is 0 Å². The monoisotopic (exact) mass is 256 g/mol. The molecule has 98 valence electrons. The second kappa shape index (κ2) is 6.66. The summed E-state index contributed by atoms with van der Waals surface area (Å²) in [5, 5.41) is 2.82. The van der Waals surface area contributed by atoms with Gasteiger partial charge in [-0.1, -0.05) is 12.1 Å². The zero-order valence-electron chi connectivity index (χ0n) is 10.8. The number of hydrogen-bond donors (Lipinski definition) is 1. The van der Waals surface area contributed by atoms with Crippen LogP contribution in [0.5, 0.6) is 0 Å². The number of amides is 1. The molecule has 1 aromatic heterocycles. The quantitative estimate of drug-likeness (QED) is 0.894. The van der Waals surface area contributed by atoms with Crippen molar-refractivity contribution < 1.29 is 9.53 Å². The molecule has 0 spiro atoms. The van der Waals surface area contributed by atoms with Gasteiger partial charge in [0.25, 0.3) is 0 Å². The highest BCUT2D eigenvalue weighted by molar-refractivity contribution is 5.91. The lowest BCUT2D eigenvalue weighted by atomic mass is 10.1. The molecule has 0 aliphatic heterocycles. The maximum atomic E-state index is 11.5. The Kier molecular flexibility index (Phi) is 4.64. The molecule has 4 heteroatoms. The number of carbonyl (C=O) groups is 1. The normalized spacial score (nSPS) is 10.2. The van der Waals surface area contributed by atoms with Gasteiger partial charge in [0, 0.05) is 25.2 Å². The Morgan fingerprint density at radius 3 is 2.37 bits per heavy atom. The lowest BCUT2D eigenvalue weighted by Crippen LogP contribution is -2.13. The summed E-state index contributed by atoms with van der Waals surface area (Å²) in [6.07, 6.45) is 3.88. The summed E-state index contributed by atoms with van der Waals surface area (Å²) in [7, 11) is 1.58. The molecule has 0 unspecified atom stereocenters. The molecule has 0 aliphatic rings. The van der Waals surface area contributed by atoms with Gasteiger partial charge in [0.2, 0.25) is 5.91 Å². The first kappa shape index (κ1) is 13.2. The second-order valence-corrected chi connectivity index (χ2v) is 4.10. The number of ether oxygens (including phenoxy) is 1. The number of methoxy groups -OCH3 is 1. The van der Waals surface area contributed by atoms with Crippen molar-refractivity contribution in [1.82, 2.24) is 4.98 Å². The molecule has 0 radical (unpaired) electrons. The molecular formula is C15H16N2O2. The van der Waals surface area contributed by atoms with Gasteiger partial charge in [-0.05, 0) is 35.4 Å². The van der Waals surface area contributed by atoms with Crippen LogP contribution in [0.25, 0.3) is 11.1 Å². The van der Waals surface area contributed by atoms with Gasteiger partial charge in [0.1, 0.15) is 0 Å². The van der Waals surface area contributed by atoms with Crippen molar-refractivity contribution in [1.29, 1.82) is 0 Å². The first-order valence-corrected chi connectivity index (χ1v) is 6.09. The smallest absolute Gasteiger partial charge is 0.226 e. The largest absolute Gasteiger partial charge is 0.384 e. The number of aromatic nitrogens is 1. The van der Waals surface area contributed by atoms with Crippen LogP contribution in [-0.4, -0.2) is 24.6 Å². The maximum absolute atomic E-state index is 11.5. The molecule has 0 fully saturated rings. The second-order valence-electron chi connectivity index (χ2n) is 4.10. The number of nitrogens with one attached hydrogen (secondary N) is 1. The highest BCUT2D eigenvalue weighted by Gasteiger charge is 2.02. The minimum absolute atomic E-state index is 0.0430. The van der Waals surface area contributed by atoms with E-state index in [1.165, 1.54) is 0 Å². The number of nitrogens with zero attached hydrogens (tertiary/aromatic N) is 1. The SMILES string of the molecule is COCCC(=O)Nc1ccc(-c2ccncc2)cc1. The summed E-state index contributed by atoms with van der Waals surface area (Å²) < 4.78 is 4.86. The van der Waals surface area contributed by atoms with Crippen molar-refractivity contribution in [3.05, 3.63) is 48.8 Å². The summed E-state index contributed by atoms with van der Waals surface area (Å²) in [4.78, 5) is 15.5. The van der Waals surface area contributed by atoms with Gasteiger partial charge in [-0.2, -0.15) is 0 Å². The van der Waals surface area contributed by atoms with Crippen LogP contribution in [0, 0.1) is 0 Å². The minimum atomic E-state index is -0.0430. The van der Waals surface area contributed by atoms with E-state index in [-0.39, 0.29) is 5.91 Å². The number of benzene rings is 1. The van der Waals surface area contributed by atoms with Crippen LogP contribution in [0.1, 0.15) is 6.42 Å². The Morgan fingerprint density at radius 1 is 1.11 bits per heavy atom. The first-order valence-electron chi connectivity index (χ1n) is 6.09. The van der Waals surface area contributed by atoms with Crippen molar-refractivity contribution in [2.75, 3.05) is 19.0 Å². The molecule has 0 bridgehead atoms. The Hall–Kier alpha value is -2.20. The molecule has 0 saturated carbocycles. The van der Waals surface area contributed by atoms with E-state index in [1.807, 2.05) is 36.4 Å². The first-order chi connectivity index (χ1) is 9.29. The lowest BCUT2D eigenvalue weighted by molar-refractivity contribution is -0.117. The third kappa shape index (κ3) is 3.89. The number of carbonyl (C=O) groups excluding carboxylic acids is 1. The molecule has 0 atom stereocenters. The summed E-state index contributed by atoms with van der Waals surface area (Å²) in [6, 6.07) is 11.6. The summed E-state index contributed by atoms with van der Waals surface area (Å²) >= 11 is 0. The van der Waals surface area contributed by atoms with Crippen molar-refractivity contribution in [3.8, 4) is 11.1 Å². The fourth-order valence-electron chi connectivity index (χ4n) is 1.71. The topological polar surface area (TPSA) is 51.2 Å². The zero-order valence-corrected chi connectivity index (χ0v) is 10.8. The molecule has 4 nitrogen and oxygen atoms in total. The van der Waals surface area contributed by atoms with Gasteiger partial charge in [-0.25, -0.2) is 0 Å². The van der Waals surface area contributed by atoms with Gasteiger partial charge >= 0.3 is 0 Å². The van der Waals surface area contributed by atoms with Gasteiger partial charge < -0.3 is 10.1 Å². The van der Waals surface area contributed by atoms with Gasteiger partial charge in [-0.3, -0.25) is 9.78 Å². The van der Waals surface area contributed by atoms with E-state index in [0.29, 0.717) is 13.0 Å². The fraction of sp³-hybridized carbons (Fsp3) is 0.200. The van der Waals surface area contributed by atoms with Crippen LogP contribution < -0.4 is 5.32 Å². The molecule has 1 heterocycles. The molecule has 1 amide bonds. The highest BCUT2D eigenvalue weighted by Crippen LogP contribution is 2.20. The Labute approximate surface area is 112 Å². The molecule has 0 saturated heterocycles. The average molecular weight is 256 g/mol. The van der Waals surface area contributed by atoms with E-state index in [9.17, 15) is 4.79 Å². The standard InChI is InChI=1S/C15H16N2O2/c1-19-11-8-15(18)17-14-4-2-12(3-5-14)13-6-9-16-10-7-13/h2-7,9-10H,8,11H2,1H3,(H,17,18). The van der Waals surface area contributed by atoms with Crippen LogP contribution in [0.4, 0.5) is 5.69 Å².